The predicted molar refractivity (Wildman–Crippen MR) is 58.0 cm³/mol. The quantitative estimate of drug-likeness (QED) is 0.568. The van der Waals surface area contributed by atoms with Gasteiger partial charge in [-0.2, -0.15) is 5.26 Å². The van der Waals surface area contributed by atoms with Crippen LogP contribution in [-0.2, 0) is 6.42 Å². The maximum absolute atomic E-state index is 8.95. The van der Waals surface area contributed by atoms with Crippen LogP contribution in [0.4, 0.5) is 0 Å². The van der Waals surface area contributed by atoms with Gasteiger partial charge in [0.2, 0.25) is 0 Å². The first kappa shape index (κ1) is 11.5. The zero-order valence-corrected chi connectivity index (χ0v) is 8.95. The summed E-state index contributed by atoms with van der Waals surface area (Å²) >= 11 is 0. The molecule has 1 rings (SSSR count). The van der Waals surface area contributed by atoms with Crippen LogP contribution in [0.15, 0.2) is 24.3 Å². The van der Waals surface area contributed by atoms with Gasteiger partial charge in [0, 0.05) is 6.42 Å². The topological polar surface area (TPSA) is 71.1 Å². The average Bonchev–Trinajstić information content (AvgIpc) is 2.29. The first-order valence-electron chi connectivity index (χ1n) is 4.65. The lowest BCUT2D eigenvalue weighted by atomic mass is 9.95. The van der Waals surface area contributed by atoms with Crippen LogP contribution >= 0.6 is 0 Å². The Kier molecular flexibility index (Phi) is 3.67. The fourth-order valence-corrected chi connectivity index (χ4v) is 1.31. The predicted octanol–water partition coefficient (Wildman–Crippen LogP) is 0.983. The smallest absolute Gasteiger partial charge is 0.119 e. The molecule has 0 heterocycles. The molecule has 0 aliphatic rings. The summed E-state index contributed by atoms with van der Waals surface area (Å²) in [5.74, 6) is 6.11. The average molecular weight is 205 g/mol. The molecule has 4 heteroatoms. The molecule has 0 aromatic heterocycles. The van der Waals surface area contributed by atoms with E-state index in [1.807, 2.05) is 24.3 Å². The molecule has 1 aromatic carbocycles. The minimum Gasteiger partial charge on any atom is -0.497 e. The van der Waals surface area contributed by atoms with E-state index in [1.54, 1.807) is 14.0 Å². The van der Waals surface area contributed by atoms with E-state index in [9.17, 15) is 0 Å². The van der Waals surface area contributed by atoms with Crippen molar-refractivity contribution in [2.45, 2.75) is 18.9 Å². The van der Waals surface area contributed by atoms with Crippen molar-refractivity contribution >= 4 is 0 Å². The maximum atomic E-state index is 8.95. The highest BCUT2D eigenvalue weighted by molar-refractivity contribution is 5.30. The zero-order chi connectivity index (χ0) is 11.3. The molecule has 0 aliphatic heterocycles. The first-order chi connectivity index (χ1) is 7.13. The third-order valence-corrected chi connectivity index (χ3v) is 2.26. The standard InChI is InChI=1S/C11H15N3O/c1-11(8-12,14-13)7-9-4-3-5-10(6-9)15-2/h3-6,14H,7,13H2,1-2H3. The van der Waals surface area contributed by atoms with Crippen molar-refractivity contribution < 1.29 is 4.74 Å². The Labute approximate surface area is 89.6 Å². The number of nitrogens with zero attached hydrogens (tertiary/aromatic N) is 1. The van der Waals surface area contributed by atoms with Crippen molar-refractivity contribution in [2.75, 3.05) is 7.11 Å². The molecule has 80 valence electrons. The van der Waals surface area contributed by atoms with Crippen molar-refractivity contribution in [3.63, 3.8) is 0 Å². The van der Waals surface area contributed by atoms with Gasteiger partial charge in [0.25, 0.3) is 0 Å². The number of rotatable bonds is 4. The van der Waals surface area contributed by atoms with Crippen LogP contribution in [-0.4, -0.2) is 12.6 Å². The minimum atomic E-state index is -0.744. The van der Waals surface area contributed by atoms with Gasteiger partial charge in [-0.05, 0) is 24.6 Å². The molecular formula is C11H15N3O. The highest BCUT2D eigenvalue weighted by atomic mass is 16.5. The first-order valence-corrected chi connectivity index (χ1v) is 4.65. The van der Waals surface area contributed by atoms with Gasteiger partial charge >= 0.3 is 0 Å². The van der Waals surface area contributed by atoms with Gasteiger partial charge in [-0.1, -0.05) is 12.1 Å². The molecule has 0 amide bonds. The summed E-state index contributed by atoms with van der Waals surface area (Å²) in [4.78, 5) is 0. The van der Waals surface area contributed by atoms with E-state index < -0.39 is 5.54 Å². The summed E-state index contributed by atoms with van der Waals surface area (Å²) in [5.41, 5.74) is 2.78. The van der Waals surface area contributed by atoms with E-state index in [0.717, 1.165) is 11.3 Å². The van der Waals surface area contributed by atoms with Crippen LogP contribution in [0.25, 0.3) is 0 Å². The summed E-state index contributed by atoms with van der Waals surface area (Å²) in [6.45, 7) is 1.76. The lowest BCUT2D eigenvalue weighted by Crippen LogP contribution is -2.47. The number of nitrogens with one attached hydrogen (secondary N) is 1. The van der Waals surface area contributed by atoms with Crippen molar-refractivity contribution in [3.05, 3.63) is 29.8 Å². The zero-order valence-electron chi connectivity index (χ0n) is 8.95. The fraction of sp³-hybridized carbons (Fsp3) is 0.364. The molecule has 0 spiro atoms. The van der Waals surface area contributed by atoms with Crippen molar-refractivity contribution in [1.29, 1.82) is 5.26 Å². The van der Waals surface area contributed by atoms with Crippen LogP contribution in [0.2, 0.25) is 0 Å². The van der Waals surface area contributed by atoms with Crippen LogP contribution < -0.4 is 16.0 Å². The van der Waals surface area contributed by atoms with Crippen LogP contribution in [0.3, 0.4) is 0 Å². The van der Waals surface area contributed by atoms with Gasteiger partial charge < -0.3 is 4.74 Å². The van der Waals surface area contributed by atoms with E-state index in [0.29, 0.717) is 6.42 Å². The normalized spacial score (nSPS) is 14.0. The molecular weight excluding hydrogens is 190 g/mol. The molecule has 0 bridgehead atoms. The van der Waals surface area contributed by atoms with Crippen LogP contribution in [0.1, 0.15) is 12.5 Å². The van der Waals surface area contributed by atoms with Gasteiger partial charge in [-0.25, -0.2) is 5.43 Å². The molecule has 0 radical (unpaired) electrons. The highest BCUT2D eigenvalue weighted by Crippen LogP contribution is 2.17. The molecule has 3 N–H and O–H groups in total. The molecule has 15 heavy (non-hydrogen) atoms. The van der Waals surface area contributed by atoms with Gasteiger partial charge in [-0.15, -0.1) is 0 Å². The number of hydrogen-bond acceptors (Lipinski definition) is 4. The molecule has 1 atom stereocenters. The fourth-order valence-electron chi connectivity index (χ4n) is 1.31. The lowest BCUT2D eigenvalue weighted by Gasteiger charge is -2.20. The largest absolute Gasteiger partial charge is 0.497 e. The summed E-state index contributed by atoms with van der Waals surface area (Å²) in [7, 11) is 1.61. The number of hydrazine groups is 1. The Balaban J connectivity index is 2.85. The Morgan fingerprint density at radius 2 is 2.33 bits per heavy atom. The molecule has 1 unspecified atom stereocenters. The van der Waals surface area contributed by atoms with E-state index in [2.05, 4.69) is 11.5 Å². The number of ether oxygens (including phenoxy) is 1. The number of benzene rings is 1. The molecule has 4 nitrogen and oxygen atoms in total. The van der Waals surface area contributed by atoms with E-state index in [4.69, 9.17) is 15.8 Å². The molecule has 0 aliphatic carbocycles. The lowest BCUT2D eigenvalue weighted by molar-refractivity contribution is 0.412. The summed E-state index contributed by atoms with van der Waals surface area (Å²) < 4.78 is 5.10. The molecule has 0 fully saturated rings. The molecule has 1 aromatic rings. The van der Waals surface area contributed by atoms with Gasteiger partial charge in [0.15, 0.2) is 0 Å². The third-order valence-electron chi connectivity index (χ3n) is 2.26. The van der Waals surface area contributed by atoms with Crippen LogP contribution in [0, 0.1) is 11.3 Å². The SMILES string of the molecule is COc1cccc(CC(C)(C#N)NN)c1. The van der Waals surface area contributed by atoms with E-state index in [1.165, 1.54) is 0 Å². The Hall–Kier alpha value is -1.57. The Morgan fingerprint density at radius 1 is 1.60 bits per heavy atom. The Bertz CT molecular complexity index is 372. The van der Waals surface area contributed by atoms with Gasteiger partial charge in [0.1, 0.15) is 11.3 Å². The summed E-state index contributed by atoms with van der Waals surface area (Å²) in [5, 5.41) is 8.95. The van der Waals surface area contributed by atoms with Crippen molar-refractivity contribution in [1.82, 2.24) is 5.43 Å². The van der Waals surface area contributed by atoms with Gasteiger partial charge in [0.05, 0.1) is 13.2 Å². The third kappa shape index (κ3) is 2.94. The highest BCUT2D eigenvalue weighted by Gasteiger charge is 2.22. The summed E-state index contributed by atoms with van der Waals surface area (Å²) in [6.07, 6.45) is 0.539. The van der Waals surface area contributed by atoms with Crippen molar-refractivity contribution in [3.8, 4) is 11.8 Å². The second-order valence-electron chi connectivity index (χ2n) is 3.62. The van der Waals surface area contributed by atoms with Crippen LogP contribution in [0.5, 0.6) is 5.75 Å². The number of hydrogen-bond donors (Lipinski definition) is 2. The van der Waals surface area contributed by atoms with E-state index in [-0.39, 0.29) is 0 Å². The second kappa shape index (κ2) is 4.78. The monoisotopic (exact) mass is 205 g/mol. The number of nitriles is 1. The summed E-state index contributed by atoms with van der Waals surface area (Å²) in [6, 6.07) is 9.73. The maximum Gasteiger partial charge on any atom is 0.119 e. The Morgan fingerprint density at radius 3 is 2.87 bits per heavy atom. The minimum absolute atomic E-state index is 0.539. The van der Waals surface area contributed by atoms with E-state index >= 15 is 0 Å². The number of methoxy groups -OCH3 is 1. The number of nitrogens with two attached hydrogens (primary N) is 1. The van der Waals surface area contributed by atoms with Crippen molar-refractivity contribution in [2.24, 2.45) is 5.84 Å². The second-order valence-corrected chi connectivity index (χ2v) is 3.62. The molecule has 0 saturated carbocycles. The van der Waals surface area contributed by atoms with Gasteiger partial charge in [-0.3, -0.25) is 5.84 Å². The molecule has 0 saturated heterocycles.